The number of aryl methyl sites for hydroxylation is 1. The SMILES string of the molecule is Cc1nc(I)cc(N2CCN(C(=O)O)C[C@@H]2C)n1. The fourth-order valence-electron chi connectivity index (χ4n) is 2.14. The summed E-state index contributed by atoms with van der Waals surface area (Å²) in [5, 5.41) is 8.98. The van der Waals surface area contributed by atoms with Gasteiger partial charge < -0.3 is 14.9 Å². The number of hydrogen-bond acceptors (Lipinski definition) is 4. The molecule has 18 heavy (non-hydrogen) atoms. The van der Waals surface area contributed by atoms with Crippen LogP contribution in [0.4, 0.5) is 10.6 Å². The zero-order valence-corrected chi connectivity index (χ0v) is 12.5. The van der Waals surface area contributed by atoms with Crippen molar-refractivity contribution in [1.82, 2.24) is 14.9 Å². The van der Waals surface area contributed by atoms with E-state index in [1.165, 1.54) is 4.90 Å². The van der Waals surface area contributed by atoms with Gasteiger partial charge in [0.2, 0.25) is 0 Å². The average molecular weight is 362 g/mol. The van der Waals surface area contributed by atoms with Crippen LogP contribution in [0, 0.1) is 10.6 Å². The predicted molar refractivity (Wildman–Crippen MR) is 75.9 cm³/mol. The first-order valence-electron chi connectivity index (χ1n) is 5.73. The highest BCUT2D eigenvalue weighted by molar-refractivity contribution is 14.1. The Kier molecular flexibility index (Phi) is 3.88. The molecule has 1 atom stereocenters. The van der Waals surface area contributed by atoms with Gasteiger partial charge in [0.05, 0.1) is 0 Å². The molecule has 1 aromatic heterocycles. The van der Waals surface area contributed by atoms with E-state index in [9.17, 15) is 4.79 Å². The highest BCUT2D eigenvalue weighted by Gasteiger charge is 2.27. The van der Waals surface area contributed by atoms with Gasteiger partial charge in [0.1, 0.15) is 15.3 Å². The van der Waals surface area contributed by atoms with Crippen molar-refractivity contribution in [3.8, 4) is 0 Å². The fourth-order valence-corrected chi connectivity index (χ4v) is 2.76. The largest absolute Gasteiger partial charge is 0.465 e. The number of piperazine rings is 1. The Hall–Kier alpha value is -1.12. The molecule has 0 unspecified atom stereocenters. The van der Waals surface area contributed by atoms with Gasteiger partial charge in [0.15, 0.2) is 0 Å². The Labute approximate surface area is 119 Å². The molecule has 0 aromatic carbocycles. The van der Waals surface area contributed by atoms with Gasteiger partial charge >= 0.3 is 6.09 Å². The maximum atomic E-state index is 10.9. The molecule has 98 valence electrons. The van der Waals surface area contributed by atoms with Crippen molar-refractivity contribution >= 4 is 34.5 Å². The van der Waals surface area contributed by atoms with Crippen molar-refractivity contribution in [2.45, 2.75) is 19.9 Å². The Morgan fingerprint density at radius 1 is 1.50 bits per heavy atom. The standard InChI is InChI=1S/C11H15IN4O2/c1-7-6-15(11(17)18)3-4-16(7)10-5-9(12)13-8(2)14-10/h5,7H,3-4,6H2,1-2H3,(H,17,18)/t7-/m0/s1. The van der Waals surface area contributed by atoms with Crippen molar-refractivity contribution < 1.29 is 9.90 Å². The average Bonchev–Trinajstić information content (AvgIpc) is 2.27. The minimum atomic E-state index is -0.852. The number of halogens is 1. The number of nitrogens with zero attached hydrogens (tertiary/aromatic N) is 4. The molecule has 1 saturated heterocycles. The maximum absolute atomic E-state index is 10.9. The summed E-state index contributed by atoms with van der Waals surface area (Å²) in [7, 11) is 0. The highest BCUT2D eigenvalue weighted by atomic mass is 127. The lowest BCUT2D eigenvalue weighted by atomic mass is 10.2. The maximum Gasteiger partial charge on any atom is 0.407 e. The second-order valence-electron chi connectivity index (χ2n) is 4.37. The Balaban J connectivity index is 2.17. The quantitative estimate of drug-likeness (QED) is 0.607. The second-order valence-corrected chi connectivity index (χ2v) is 5.47. The van der Waals surface area contributed by atoms with E-state index in [1.54, 1.807) is 0 Å². The lowest BCUT2D eigenvalue weighted by Crippen LogP contribution is -2.53. The van der Waals surface area contributed by atoms with Gasteiger partial charge in [0, 0.05) is 31.7 Å². The molecule has 6 nitrogen and oxygen atoms in total. The summed E-state index contributed by atoms with van der Waals surface area (Å²) in [6, 6.07) is 2.06. The summed E-state index contributed by atoms with van der Waals surface area (Å²) in [6.07, 6.45) is -0.852. The molecule has 0 saturated carbocycles. The van der Waals surface area contributed by atoms with E-state index >= 15 is 0 Å². The van der Waals surface area contributed by atoms with Crippen molar-refractivity contribution in [2.75, 3.05) is 24.5 Å². The van der Waals surface area contributed by atoms with Crippen LogP contribution in [0.25, 0.3) is 0 Å². The molecule has 2 rings (SSSR count). The molecule has 1 aliphatic heterocycles. The van der Waals surface area contributed by atoms with Crippen molar-refractivity contribution in [2.24, 2.45) is 0 Å². The molecule has 1 aliphatic rings. The molecule has 1 aromatic rings. The highest BCUT2D eigenvalue weighted by Crippen LogP contribution is 2.20. The molecule has 2 heterocycles. The van der Waals surface area contributed by atoms with E-state index in [2.05, 4.69) is 37.5 Å². The Morgan fingerprint density at radius 2 is 2.22 bits per heavy atom. The van der Waals surface area contributed by atoms with Crippen LogP contribution in [0.5, 0.6) is 0 Å². The lowest BCUT2D eigenvalue weighted by Gasteiger charge is -2.39. The second kappa shape index (κ2) is 5.25. The molecule has 0 spiro atoms. The third-order valence-electron chi connectivity index (χ3n) is 2.99. The summed E-state index contributed by atoms with van der Waals surface area (Å²) in [5.41, 5.74) is 0. The third kappa shape index (κ3) is 2.82. The van der Waals surface area contributed by atoms with Crippen LogP contribution in [-0.2, 0) is 0 Å². The van der Waals surface area contributed by atoms with Crippen LogP contribution in [0.3, 0.4) is 0 Å². The van der Waals surface area contributed by atoms with E-state index in [-0.39, 0.29) is 6.04 Å². The number of hydrogen-bond donors (Lipinski definition) is 1. The number of carboxylic acid groups (broad SMARTS) is 1. The first-order valence-corrected chi connectivity index (χ1v) is 6.81. The van der Waals surface area contributed by atoms with Crippen LogP contribution in [0.2, 0.25) is 0 Å². The summed E-state index contributed by atoms with van der Waals surface area (Å²) in [4.78, 5) is 23.2. The van der Waals surface area contributed by atoms with E-state index in [0.717, 1.165) is 15.3 Å². The summed E-state index contributed by atoms with van der Waals surface area (Å²) in [6.45, 7) is 5.57. The van der Waals surface area contributed by atoms with Gasteiger partial charge in [-0.2, -0.15) is 0 Å². The first kappa shape index (κ1) is 13.3. The van der Waals surface area contributed by atoms with Gasteiger partial charge in [0.25, 0.3) is 0 Å². The Bertz CT molecular complexity index is 448. The minimum Gasteiger partial charge on any atom is -0.465 e. The van der Waals surface area contributed by atoms with Crippen molar-refractivity contribution in [3.05, 3.63) is 15.6 Å². The predicted octanol–water partition coefficient (Wildman–Crippen LogP) is 1.58. The lowest BCUT2D eigenvalue weighted by molar-refractivity contribution is 0.136. The van der Waals surface area contributed by atoms with Crippen LogP contribution < -0.4 is 4.90 Å². The summed E-state index contributed by atoms with van der Waals surface area (Å²) in [5.74, 6) is 1.62. The molecule has 1 amide bonds. The molecule has 0 bridgehead atoms. The van der Waals surface area contributed by atoms with Crippen LogP contribution in [-0.4, -0.2) is 51.7 Å². The van der Waals surface area contributed by atoms with E-state index < -0.39 is 6.09 Å². The Morgan fingerprint density at radius 3 is 2.78 bits per heavy atom. The van der Waals surface area contributed by atoms with E-state index in [0.29, 0.717) is 19.6 Å². The van der Waals surface area contributed by atoms with Crippen molar-refractivity contribution in [1.29, 1.82) is 0 Å². The van der Waals surface area contributed by atoms with Gasteiger partial charge in [-0.3, -0.25) is 0 Å². The summed E-state index contributed by atoms with van der Waals surface area (Å²) < 4.78 is 0.906. The van der Waals surface area contributed by atoms with Crippen LogP contribution in [0.1, 0.15) is 12.7 Å². The number of rotatable bonds is 1. The molecule has 1 fully saturated rings. The van der Waals surface area contributed by atoms with Gasteiger partial charge in [-0.05, 0) is 36.4 Å². The zero-order chi connectivity index (χ0) is 13.3. The monoisotopic (exact) mass is 362 g/mol. The van der Waals surface area contributed by atoms with Crippen LogP contribution in [0.15, 0.2) is 6.07 Å². The van der Waals surface area contributed by atoms with Gasteiger partial charge in [-0.1, -0.05) is 0 Å². The minimum absolute atomic E-state index is 0.125. The fraction of sp³-hybridized carbons (Fsp3) is 0.545. The smallest absolute Gasteiger partial charge is 0.407 e. The number of anilines is 1. The molecule has 0 aliphatic carbocycles. The van der Waals surface area contributed by atoms with Gasteiger partial charge in [-0.15, -0.1) is 0 Å². The topological polar surface area (TPSA) is 69.6 Å². The van der Waals surface area contributed by atoms with E-state index in [1.807, 2.05) is 19.9 Å². The summed E-state index contributed by atoms with van der Waals surface area (Å²) >= 11 is 2.17. The zero-order valence-electron chi connectivity index (χ0n) is 10.3. The number of aromatic nitrogens is 2. The molecular weight excluding hydrogens is 347 g/mol. The van der Waals surface area contributed by atoms with Crippen LogP contribution >= 0.6 is 22.6 Å². The molecule has 7 heteroatoms. The van der Waals surface area contributed by atoms with Crippen molar-refractivity contribution in [3.63, 3.8) is 0 Å². The van der Waals surface area contributed by atoms with Gasteiger partial charge in [-0.25, -0.2) is 14.8 Å². The normalized spacial score (nSPS) is 20.1. The molecular formula is C11H15IN4O2. The van der Waals surface area contributed by atoms with E-state index in [4.69, 9.17) is 5.11 Å². The number of amides is 1. The third-order valence-corrected chi connectivity index (χ3v) is 3.54. The molecule has 1 N–H and O–H groups in total. The first-order chi connectivity index (χ1) is 8.47. The molecule has 0 radical (unpaired) electrons. The number of carbonyl (C=O) groups is 1.